The van der Waals surface area contributed by atoms with Crippen molar-refractivity contribution in [3.63, 3.8) is 0 Å². The summed E-state index contributed by atoms with van der Waals surface area (Å²) >= 11 is 0. The number of fused-ring (bicyclic) bond motifs is 2. The van der Waals surface area contributed by atoms with Gasteiger partial charge in [-0.1, -0.05) is 6.07 Å². The number of alkyl halides is 6. The topological polar surface area (TPSA) is 45.2 Å². The van der Waals surface area contributed by atoms with Crippen molar-refractivity contribution >= 4 is 5.91 Å². The molecule has 13 heteroatoms. The first-order valence-electron chi connectivity index (χ1n) is 13.8. The van der Waals surface area contributed by atoms with Crippen molar-refractivity contribution in [1.82, 2.24) is 14.7 Å². The van der Waals surface area contributed by atoms with E-state index < -0.39 is 46.8 Å². The minimum Gasteiger partial charge on any atom is -0.494 e. The van der Waals surface area contributed by atoms with E-state index in [4.69, 9.17) is 9.47 Å². The van der Waals surface area contributed by atoms with Crippen molar-refractivity contribution in [1.29, 1.82) is 0 Å². The Balaban J connectivity index is 1.38. The third kappa shape index (κ3) is 7.00. The number of carbonyl (C=O) groups is 1. The van der Waals surface area contributed by atoms with Gasteiger partial charge in [-0.25, -0.2) is 4.39 Å². The van der Waals surface area contributed by atoms with Crippen LogP contribution in [-0.2, 0) is 23.5 Å². The van der Waals surface area contributed by atoms with E-state index in [2.05, 4.69) is 9.80 Å². The smallest absolute Gasteiger partial charge is 0.416 e. The number of carbonyl (C=O) groups excluding carboxylic acids is 1. The van der Waals surface area contributed by atoms with Crippen LogP contribution in [0.5, 0.6) is 5.75 Å². The van der Waals surface area contributed by atoms with Gasteiger partial charge in [0.05, 0.1) is 30.4 Å². The predicted molar refractivity (Wildman–Crippen MR) is 139 cm³/mol. The minimum absolute atomic E-state index is 0.00677. The fraction of sp³-hybridized carbons (Fsp3) is 0.552. The van der Waals surface area contributed by atoms with Crippen LogP contribution < -0.4 is 4.74 Å². The van der Waals surface area contributed by atoms with E-state index in [0.717, 1.165) is 32.5 Å². The van der Waals surface area contributed by atoms with Crippen LogP contribution in [-0.4, -0.2) is 91.8 Å². The second-order valence-corrected chi connectivity index (χ2v) is 11.1. The van der Waals surface area contributed by atoms with Gasteiger partial charge in [0.15, 0.2) is 11.6 Å². The Morgan fingerprint density at radius 3 is 2.10 bits per heavy atom. The van der Waals surface area contributed by atoms with E-state index in [1.165, 1.54) is 30.2 Å². The molecule has 1 amide bonds. The van der Waals surface area contributed by atoms with Gasteiger partial charge in [-0.05, 0) is 55.2 Å². The number of amides is 1. The number of piperazine rings is 1. The van der Waals surface area contributed by atoms with Crippen LogP contribution in [0.4, 0.5) is 30.7 Å². The Kier molecular flexibility index (Phi) is 8.73. The first-order valence-corrected chi connectivity index (χ1v) is 13.8. The summed E-state index contributed by atoms with van der Waals surface area (Å²) in [7, 11) is 1.31. The Morgan fingerprint density at radius 1 is 0.881 bits per heavy atom. The molecule has 0 aliphatic carbocycles. The van der Waals surface area contributed by atoms with Gasteiger partial charge in [-0.3, -0.25) is 14.6 Å². The Bertz CT molecular complexity index is 1240. The lowest BCUT2D eigenvalue weighted by Crippen LogP contribution is -2.57. The molecular formula is C29H32F7N3O3. The van der Waals surface area contributed by atoms with E-state index in [-0.39, 0.29) is 37.0 Å². The maximum atomic E-state index is 14.0. The molecule has 0 saturated carbocycles. The fourth-order valence-corrected chi connectivity index (χ4v) is 6.08. The van der Waals surface area contributed by atoms with Crippen LogP contribution in [0.3, 0.4) is 0 Å². The average Bonchev–Trinajstić information content (AvgIpc) is 3.28. The van der Waals surface area contributed by atoms with Crippen molar-refractivity contribution in [2.75, 3.05) is 52.9 Å². The molecule has 0 radical (unpaired) electrons. The Labute approximate surface area is 239 Å². The van der Waals surface area contributed by atoms with E-state index in [9.17, 15) is 35.5 Å². The molecule has 2 aromatic carbocycles. The molecule has 2 bridgehead atoms. The summed E-state index contributed by atoms with van der Waals surface area (Å²) in [4.78, 5) is 19.4. The number of hydrogen-bond donors (Lipinski definition) is 0. The minimum atomic E-state index is -5.07. The lowest BCUT2D eigenvalue weighted by Gasteiger charge is -2.43. The molecule has 2 aromatic rings. The van der Waals surface area contributed by atoms with Crippen molar-refractivity contribution in [3.05, 3.63) is 64.5 Å². The Morgan fingerprint density at radius 2 is 1.50 bits per heavy atom. The van der Waals surface area contributed by atoms with Crippen LogP contribution in [0.25, 0.3) is 0 Å². The maximum absolute atomic E-state index is 14.0. The molecule has 3 aliphatic heterocycles. The number of nitrogens with zero attached hydrogens (tertiary/aromatic N) is 3. The summed E-state index contributed by atoms with van der Waals surface area (Å²) in [5, 5.41) is 0. The zero-order chi connectivity index (χ0) is 30.2. The molecule has 3 aliphatic rings. The van der Waals surface area contributed by atoms with Crippen molar-refractivity contribution in [2.24, 2.45) is 0 Å². The summed E-state index contributed by atoms with van der Waals surface area (Å²) in [5.41, 5.74) is -3.16. The van der Waals surface area contributed by atoms with Crippen molar-refractivity contribution in [3.8, 4) is 5.75 Å². The van der Waals surface area contributed by atoms with Gasteiger partial charge in [0, 0.05) is 57.4 Å². The number of rotatable bonds is 7. The van der Waals surface area contributed by atoms with Gasteiger partial charge in [0.2, 0.25) is 0 Å². The first-order chi connectivity index (χ1) is 19.8. The standard InChI is InChI=1S/C29H32F7N3O3/c1-41-26-11-18(2-5-25(26)30)10-22-15-37(6-7-38-16-23-3-4-24(17-38)42-23)8-9-39(22)27(40)19-12-20(28(31,32)33)14-21(13-19)29(34,35)36/h2,5,11-14,22-24H,3-4,6-10,15-17H2,1H3/t22-,23?,24?/m1/s1. The van der Waals surface area contributed by atoms with E-state index in [1.807, 2.05) is 0 Å². The lowest BCUT2D eigenvalue weighted by molar-refractivity contribution is -0.143. The van der Waals surface area contributed by atoms with E-state index >= 15 is 0 Å². The number of hydrogen-bond acceptors (Lipinski definition) is 5. The van der Waals surface area contributed by atoms with Gasteiger partial charge in [-0.2, -0.15) is 26.3 Å². The molecule has 5 rings (SSSR count). The molecule has 42 heavy (non-hydrogen) atoms. The number of morpholine rings is 1. The van der Waals surface area contributed by atoms with Crippen LogP contribution in [0.1, 0.15) is 39.9 Å². The molecule has 3 fully saturated rings. The summed E-state index contributed by atoms with van der Waals surface area (Å²) in [6.07, 6.45) is -7.41. The summed E-state index contributed by atoms with van der Waals surface area (Å²) in [5.74, 6) is -1.51. The zero-order valence-electron chi connectivity index (χ0n) is 23.0. The van der Waals surface area contributed by atoms with Crippen LogP contribution in [0, 0.1) is 5.82 Å². The normalized spacial score (nSPS) is 23.8. The summed E-state index contributed by atoms with van der Waals surface area (Å²) in [6.45, 7) is 3.96. The van der Waals surface area contributed by atoms with Crippen molar-refractivity contribution < 1.29 is 45.0 Å². The van der Waals surface area contributed by atoms with Gasteiger partial charge in [0.25, 0.3) is 5.91 Å². The maximum Gasteiger partial charge on any atom is 0.416 e. The third-order valence-electron chi connectivity index (χ3n) is 8.20. The highest BCUT2D eigenvalue weighted by molar-refractivity contribution is 5.95. The first kappa shape index (κ1) is 30.6. The van der Waals surface area contributed by atoms with Crippen LogP contribution in [0.2, 0.25) is 0 Å². The van der Waals surface area contributed by atoms with Gasteiger partial charge in [0.1, 0.15) is 0 Å². The number of methoxy groups -OCH3 is 1. The molecule has 2 unspecified atom stereocenters. The average molecular weight is 604 g/mol. The van der Waals surface area contributed by atoms with Crippen LogP contribution in [0.15, 0.2) is 36.4 Å². The molecule has 0 spiro atoms. The van der Waals surface area contributed by atoms with Crippen LogP contribution >= 0.6 is 0 Å². The summed E-state index contributed by atoms with van der Waals surface area (Å²) < 4.78 is 106. The second kappa shape index (κ2) is 12.0. The van der Waals surface area contributed by atoms with Crippen molar-refractivity contribution in [2.45, 2.75) is 49.9 Å². The highest BCUT2D eigenvalue weighted by Crippen LogP contribution is 2.37. The molecular weight excluding hydrogens is 571 g/mol. The second-order valence-electron chi connectivity index (χ2n) is 11.1. The number of ether oxygens (including phenoxy) is 2. The molecule has 0 N–H and O–H groups in total. The van der Waals surface area contributed by atoms with Gasteiger partial charge < -0.3 is 14.4 Å². The monoisotopic (exact) mass is 603 g/mol. The molecule has 3 atom stereocenters. The van der Waals surface area contributed by atoms with E-state index in [0.29, 0.717) is 37.3 Å². The molecule has 3 saturated heterocycles. The van der Waals surface area contributed by atoms with Gasteiger partial charge in [-0.15, -0.1) is 0 Å². The highest BCUT2D eigenvalue weighted by Gasteiger charge is 2.39. The SMILES string of the molecule is COc1cc(C[C@@H]2CN(CCN3CC4CCC(C3)O4)CCN2C(=O)c2cc(C(F)(F)F)cc(C(F)(F)F)c2)ccc1F. The lowest BCUT2D eigenvalue weighted by atomic mass is 9.99. The molecule has 0 aromatic heterocycles. The van der Waals surface area contributed by atoms with Gasteiger partial charge >= 0.3 is 12.4 Å². The quantitative estimate of drug-likeness (QED) is 0.412. The highest BCUT2D eigenvalue weighted by atomic mass is 19.4. The third-order valence-corrected chi connectivity index (χ3v) is 8.20. The molecule has 3 heterocycles. The molecule has 230 valence electrons. The fourth-order valence-electron chi connectivity index (χ4n) is 6.08. The number of benzene rings is 2. The molecule has 6 nitrogen and oxygen atoms in total. The Hall–Kier alpha value is -2.90. The number of likely N-dealkylation sites (tertiary alicyclic amines) is 1. The largest absolute Gasteiger partial charge is 0.494 e. The zero-order valence-corrected chi connectivity index (χ0v) is 23.0. The summed E-state index contributed by atoms with van der Waals surface area (Å²) in [6, 6.07) is 4.57. The number of halogens is 7. The van der Waals surface area contributed by atoms with E-state index in [1.54, 1.807) is 0 Å². The predicted octanol–water partition coefficient (Wildman–Crippen LogP) is 5.10.